The number of hydrogen-bond donors (Lipinski definition) is 4. The van der Waals surface area contributed by atoms with Crippen LogP contribution in [0.5, 0.6) is 0 Å². The predicted octanol–water partition coefficient (Wildman–Crippen LogP) is 1.26. The van der Waals surface area contributed by atoms with Gasteiger partial charge in [0.15, 0.2) is 17.4 Å². The van der Waals surface area contributed by atoms with E-state index in [1.807, 2.05) is 35.2 Å². The number of guanidine groups is 1. The quantitative estimate of drug-likeness (QED) is 0.0911. The van der Waals surface area contributed by atoms with Gasteiger partial charge in [-0.25, -0.2) is 9.78 Å². The molecule has 1 fully saturated rings. The molecule has 12 nitrogen and oxygen atoms in total. The van der Waals surface area contributed by atoms with Crippen LogP contribution in [-0.2, 0) is 20.9 Å². The Morgan fingerprint density at radius 1 is 1.25 bits per heavy atom. The highest BCUT2D eigenvalue weighted by atomic mass is 35.5. The third kappa shape index (κ3) is 6.81. The molecule has 1 aromatic carbocycles. The molecule has 0 saturated heterocycles. The summed E-state index contributed by atoms with van der Waals surface area (Å²) in [6.45, 7) is 0.403. The number of benzene rings is 1. The predicted molar refractivity (Wildman–Crippen MR) is 135 cm³/mol. The van der Waals surface area contributed by atoms with Crippen LogP contribution in [0.25, 0.3) is 11.2 Å². The highest BCUT2D eigenvalue weighted by Crippen LogP contribution is 2.33. The molecule has 0 aliphatic heterocycles. The summed E-state index contributed by atoms with van der Waals surface area (Å²) in [7, 11) is 0. The number of imidazole rings is 1. The second kappa shape index (κ2) is 11.7. The van der Waals surface area contributed by atoms with E-state index in [-0.39, 0.29) is 36.3 Å². The van der Waals surface area contributed by atoms with E-state index in [2.05, 4.69) is 30.2 Å². The smallest absolute Gasteiger partial charge is 0.328 e. The maximum atomic E-state index is 13.1. The van der Waals surface area contributed by atoms with Gasteiger partial charge >= 0.3 is 5.97 Å². The lowest BCUT2D eigenvalue weighted by Gasteiger charge is -2.25. The molecule has 1 saturated carbocycles. The summed E-state index contributed by atoms with van der Waals surface area (Å²) >= 11 is 6.10. The third-order valence-electron chi connectivity index (χ3n) is 5.60. The van der Waals surface area contributed by atoms with Crippen LogP contribution in [0.1, 0.15) is 31.2 Å². The van der Waals surface area contributed by atoms with E-state index in [4.69, 9.17) is 27.8 Å². The SMILES string of the molecule is NC(N)=NCCC[C@H](NC(=O)CN(c1nc(Cl)nc2nc[nH]c12)C1CC1)C(=O)OCc1ccccc1. The van der Waals surface area contributed by atoms with Crippen molar-refractivity contribution in [3.05, 3.63) is 47.5 Å². The van der Waals surface area contributed by atoms with Crippen LogP contribution < -0.4 is 21.7 Å². The van der Waals surface area contributed by atoms with Crippen LogP contribution >= 0.6 is 11.6 Å². The number of aliphatic imine (C=N–C) groups is 1. The van der Waals surface area contributed by atoms with E-state index in [1.165, 1.54) is 6.33 Å². The van der Waals surface area contributed by atoms with Gasteiger partial charge in [0.2, 0.25) is 11.2 Å². The fraction of sp³-hybridized carbons (Fsp3) is 0.391. The molecule has 1 aliphatic carbocycles. The Morgan fingerprint density at radius 3 is 2.75 bits per heavy atom. The lowest BCUT2D eigenvalue weighted by atomic mass is 10.1. The van der Waals surface area contributed by atoms with Crippen LogP contribution in [0.2, 0.25) is 5.28 Å². The van der Waals surface area contributed by atoms with Crippen molar-refractivity contribution in [3.63, 3.8) is 0 Å². The largest absolute Gasteiger partial charge is 0.459 e. The standard InChI is InChI=1S/C23H28ClN9O3/c24-22-31-19-18(28-13-29-19)20(32-22)33(15-8-9-15)11-17(34)30-16(7-4-10-27-23(25)26)21(35)36-12-14-5-2-1-3-6-14/h1-3,5-6,13,15-16H,4,7-12H2,(H,30,34)(H4,25,26,27)(H,28,29,31,32)/t16-/m0/s1. The zero-order chi connectivity index (χ0) is 25.5. The summed E-state index contributed by atoms with van der Waals surface area (Å²) in [5.41, 5.74) is 12.6. The summed E-state index contributed by atoms with van der Waals surface area (Å²) in [5, 5.41) is 2.85. The Labute approximate surface area is 212 Å². The molecule has 6 N–H and O–H groups in total. The molecule has 2 aromatic heterocycles. The molecule has 36 heavy (non-hydrogen) atoms. The first-order valence-corrected chi connectivity index (χ1v) is 12.0. The average molecular weight is 514 g/mol. The molecule has 3 aromatic rings. The number of rotatable bonds is 12. The number of amides is 1. The van der Waals surface area contributed by atoms with Gasteiger partial charge in [0.05, 0.1) is 12.9 Å². The molecule has 4 rings (SSSR count). The summed E-state index contributed by atoms with van der Waals surface area (Å²) in [5.74, 6) is -0.421. The molecule has 1 aliphatic rings. The molecule has 0 bridgehead atoms. The summed E-state index contributed by atoms with van der Waals surface area (Å²) in [4.78, 5) is 47.4. The number of esters is 1. The van der Waals surface area contributed by atoms with Crippen molar-refractivity contribution in [2.75, 3.05) is 18.0 Å². The zero-order valence-electron chi connectivity index (χ0n) is 19.6. The van der Waals surface area contributed by atoms with Crippen molar-refractivity contribution in [1.29, 1.82) is 0 Å². The molecule has 0 radical (unpaired) electrons. The summed E-state index contributed by atoms with van der Waals surface area (Å²) in [6, 6.07) is 8.58. The number of carbonyl (C=O) groups is 2. The normalized spacial score (nSPS) is 13.7. The average Bonchev–Trinajstić information content (AvgIpc) is 3.59. The minimum atomic E-state index is -0.863. The number of H-pyrrole nitrogens is 1. The number of fused-ring (bicyclic) bond motifs is 1. The van der Waals surface area contributed by atoms with Crippen molar-refractivity contribution in [2.24, 2.45) is 16.5 Å². The number of nitrogens with zero attached hydrogens (tertiary/aromatic N) is 5. The van der Waals surface area contributed by atoms with E-state index in [9.17, 15) is 9.59 Å². The monoisotopic (exact) mass is 513 g/mol. The number of hydrogen-bond acceptors (Lipinski definition) is 8. The molecule has 13 heteroatoms. The van der Waals surface area contributed by atoms with Crippen LogP contribution in [0, 0.1) is 0 Å². The number of aromatic amines is 1. The first kappa shape index (κ1) is 25.2. The number of ether oxygens (including phenoxy) is 1. The van der Waals surface area contributed by atoms with Crippen LogP contribution in [0.3, 0.4) is 0 Å². The van der Waals surface area contributed by atoms with Crippen molar-refractivity contribution in [1.82, 2.24) is 25.3 Å². The summed E-state index contributed by atoms with van der Waals surface area (Å²) < 4.78 is 5.48. The molecule has 0 spiro atoms. The molecular weight excluding hydrogens is 486 g/mol. The maximum Gasteiger partial charge on any atom is 0.328 e. The molecule has 1 atom stereocenters. The Hall–Kier alpha value is -3.93. The van der Waals surface area contributed by atoms with Gasteiger partial charge in [0.1, 0.15) is 18.2 Å². The second-order valence-corrected chi connectivity index (χ2v) is 8.78. The minimum absolute atomic E-state index is 0.0253. The van der Waals surface area contributed by atoms with Crippen LogP contribution in [0.15, 0.2) is 41.7 Å². The van der Waals surface area contributed by atoms with Crippen molar-refractivity contribution in [3.8, 4) is 0 Å². The zero-order valence-corrected chi connectivity index (χ0v) is 20.3. The van der Waals surface area contributed by atoms with E-state index in [0.717, 1.165) is 18.4 Å². The molecule has 190 valence electrons. The summed E-state index contributed by atoms with van der Waals surface area (Å²) in [6.07, 6.45) is 4.10. The van der Waals surface area contributed by atoms with E-state index >= 15 is 0 Å². The van der Waals surface area contributed by atoms with Crippen molar-refractivity contribution in [2.45, 2.75) is 44.4 Å². The number of halogens is 1. The minimum Gasteiger partial charge on any atom is -0.459 e. The molecule has 2 heterocycles. The Bertz CT molecular complexity index is 1230. The van der Waals surface area contributed by atoms with Crippen molar-refractivity contribution < 1.29 is 14.3 Å². The first-order valence-electron chi connectivity index (χ1n) is 11.6. The highest BCUT2D eigenvalue weighted by molar-refractivity contribution is 6.28. The van der Waals surface area contributed by atoms with Gasteiger partial charge in [-0.3, -0.25) is 9.79 Å². The molecule has 0 unspecified atom stereocenters. The Balaban J connectivity index is 1.44. The number of anilines is 1. The number of aromatic nitrogens is 4. The Kier molecular flexibility index (Phi) is 8.16. The van der Waals surface area contributed by atoms with Gasteiger partial charge in [0.25, 0.3) is 0 Å². The second-order valence-electron chi connectivity index (χ2n) is 8.44. The van der Waals surface area contributed by atoms with E-state index in [1.54, 1.807) is 0 Å². The number of nitrogens with two attached hydrogens (primary N) is 2. The van der Waals surface area contributed by atoms with Gasteiger partial charge in [-0.2, -0.15) is 9.97 Å². The van der Waals surface area contributed by atoms with Gasteiger partial charge in [-0.05, 0) is 42.8 Å². The number of carbonyl (C=O) groups excluding carboxylic acids is 2. The highest BCUT2D eigenvalue weighted by Gasteiger charge is 2.34. The molecule has 1 amide bonds. The third-order valence-corrected chi connectivity index (χ3v) is 5.77. The van der Waals surface area contributed by atoms with Crippen LogP contribution in [-0.4, -0.2) is 62.9 Å². The molecular formula is C23H28ClN9O3. The number of nitrogens with one attached hydrogen (secondary N) is 2. The van der Waals surface area contributed by atoms with E-state index < -0.39 is 12.0 Å². The fourth-order valence-electron chi connectivity index (χ4n) is 3.74. The first-order chi connectivity index (χ1) is 17.4. The van der Waals surface area contributed by atoms with Gasteiger partial charge < -0.3 is 31.4 Å². The lowest BCUT2D eigenvalue weighted by molar-refractivity contribution is -0.149. The lowest BCUT2D eigenvalue weighted by Crippen LogP contribution is -2.47. The van der Waals surface area contributed by atoms with Gasteiger partial charge in [-0.15, -0.1) is 0 Å². The Morgan fingerprint density at radius 2 is 2.03 bits per heavy atom. The van der Waals surface area contributed by atoms with E-state index in [0.29, 0.717) is 36.4 Å². The topological polar surface area (TPSA) is 177 Å². The van der Waals surface area contributed by atoms with Crippen molar-refractivity contribution >= 4 is 46.4 Å². The van der Waals surface area contributed by atoms with Crippen LogP contribution in [0.4, 0.5) is 5.82 Å². The van der Waals surface area contributed by atoms with Gasteiger partial charge in [-0.1, -0.05) is 30.3 Å². The maximum absolute atomic E-state index is 13.1. The van der Waals surface area contributed by atoms with Gasteiger partial charge in [0, 0.05) is 12.6 Å². The fourth-order valence-corrected chi connectivity index (χ4v) is 3.90.